The van der Waals surface area contributed by atoms with E-state index in [9.17, 15) is 22.8 Å². The molecule has 0 fully saturated rings. The lowest BCUT2D eigenvalue weighted by atomic mass is 10.1. The number of rotatable bonds is 4. The van der Waals surface area contributed by atoms with Crippen LogP contribution in [0.3, 0.4) is 0 Å². The van der Waals surface area contributed by atoms with E-state index in [4.69, 9.17) is 14.9 Å². The molecule has 5 nitrogen and oxygen atoms in total. The van der Waals surface area contributed by atoms with Gasteiger partial charge in [0, 0.05) is 0 Å². The summed E-state index contributed by atoms with van der Waals surface area (Å²) in [4.78, 5) is 22.3. The molecule has 0 saturated carbocycles. The molecule has 2 aromatic carbocycles. The number of alkyl halides is 3. The van der Waals surface area contributed by atoms with Gasteiger partial charge in [0.05, 0.1) is 5.56 Å². The van der Waals surface area contributed by atoms with Gasteiger partial charge in [0.15, 0.2) is 5.75 Å². The maximum Gasteiger partial charge on any atom is 0.416 e. The van der Waals surface area contributed by atoms with Crippen LogP contribution in [0.25, 0.3) is 0 Å². The molecule has 0 saturated heterocycles. The van der Waals surface area contributed by atoms with Crippen LogP contribution in [0, 0.1) is 0 Å². The number of ether oxygens (including phenoxy) is 1. The minimum atomic E-state index is -4.52. The van der Waals surface area contributed by atoms with Crippen LogP contribution in [-0.2, 0) is 6.18 Å². The summed E-state index contributed by atoms with van der Waals surface area (Å²) >= 11 is 0. The van der Waals surface area contributed by atoms with Crippen molar-refractivity contribution in [1.82, 2.24) is 0 Å². The molecule has 0 aromatic heterocycles. The second kappa shape index (κ2) is 5.99. The summed E-state index contributed by atoms with van der Waals surface area (Å²) in [6.07, 6.45) is -4.52. The van der Waals surface area contributed by atoms with Crippen molar-refractivity contribution in [3.63, 3.8) is 0 Å². The average molecular weight is 326 g/mol. The van der Waals surface area contributed by atoms with Gasteiger partial charge in [0.2, 0.25) is 0 Å². The number of carboxylic acid groups (broad SMARTS) is 2. The molecule has 0 unspecified atom stereocenters. The quantitative estimate of drug-likeness (QED) is 0.890. The lowest BCUT2D eigenvalue weighted by Crippen LogP contribution is -2.07. The summed E-state index contributed by atoms with van der Waals surface area (Å²) in [5.74, 6) is -3.41. The van der Waals surface area contributed by atoms with Crippen molar-refractivity contribution in [3.8, 4) is 11.5 Å². The molecule has 0 radical (unpaired) electrons. The molecular weight excluding hydrogens is 317 g/mol. The van der Waals surface area contributed by atoms with Gasteiger partial charge in [-0.2, -0.15) is 13.2 Å². The molecule has 23 heavy (non-hydrogen) atoms. The molecule has 2 rings (SSSR count). The highest BCUT2D eigenvalue weighted by molar-refractivity contribution is 5.98. The third kappa shape index (κ3) is 3.60. The largest absolute Gasteiger partial charge is 0.478 e. The van der Waals surface area contributed by atoms with E-state index in [0.29, 0.717) is 0 Å². The molecule has 0 atom stereocenters. The topological polar surface area (TPSA) is 83.8 Å². The zero-order valence-corrected chi connectivity index (χ0v) is 11.3. The third-order valence-electron chi connectivity index (χ3n) is 2.88. The Bertz CT molecular complexity index is 718. The van der Waals surface area contributed by atoms with E-state index in [2.05, 4.69) is 0 Å². The number of para-hydroxylation sites is 1. The number of aromatic carboxylic acids is 2. The van der Waals surface area contributed by atoms with Crippen molar-refractivity contribution in [2.75, 3.05) is 0 Å². The van der Waals surface area contributed by atoms with Crippen LogP contribution in [0.4, 0.5) is 13.2 Å². The van der Waals surface area contributed by atoms with Crippen LogP contribution in [0.1, 0.15) is 26.3 Å². The molecule has 0 aliphatic heterocycles. The van der Waals surface area contributed by atoms with E-state index >= 15 is 0 Å². The van der Waals surface area contributed by atoms with Crippen LogP contribution in [-0.4, -0.2) is 22.2 Å². The molecule has 8 heteroatoms. The Labute approximate surface area is 127 Å². The predicted molar refractivity (Wildman–Crippen MR) is 71.9 cm³/mol. The van der Waals surface area contributed by atoms with E-state index in [1.54, 1.807) is 0 Å². The first-order chi connectivity index (χ1) is 10.7. The predicted octanol–water partition coefficient (Wildman–Crippen LogP) is 3.89. The minimum absolute atomic E-state index is 0.116. The Morgan fingerprint density at radius 1 is 0.870 bits per heavy atom. The summed E-state index contributed by atoms with van der Waals surface area (Å²) in [7, 11) is 0. The van der Waals surface area contributed by atoms with E-state index in [0.717, 1.165) is 36.4 Å². The average Bonchev–Trinajstić information content (AvgIpc) is 2.46. The summed E-state index contributed by atoms with van der Waals surface area (Å²) in [6.45, 7) is 0. The fourth-order valence-corrected chi connectivity index (χ4v) is 1.81. The number of hydrogen-bond donors (Lipinski definition) is 2. The normalized spacial score (nSPS) is 11.1. The van der Waals surface area contributed by atoms with Gasteiger partial charge in [-0.25, -0.2) is 9.59 Å². The Balaban J connectivity index is 2.43. The highest BCUT2D eigenvalue weighted by Crippen LogP contribution is 2.33. The van der Waals surface area contributed by atoms with Crippen molar-refractivity contribution in [3.05, 3.63) is 59.2 Å². The highest BCUT2D eigenvalue weighted by atomic mass is 19.4. The smallest absolute Gasteiger partial charge is 0.416 e. The van der Waals surface area contributed by atoms with Crippen molar-refractivity contribution < 1.29 is 37.7 Å². The van der Waals surface area contributed by atoms with Gasteiger partial charge in [-0.15, -0.1) is 0 Å². The van der Waals surface area contributed by atoms with Gasteiger partial charge in [-0.05, 0) is 36.4 Å². The molecule has 0 aliphatic rings. The highest BCUT2D eigenvalue weighted by Gasteiger charge is 2.30. The zero-order valence-electron chi connectivity index (χ0n) is 11.3. The van der Waals surface area contributed by atoms with Crippen LogP contribution < -0.4 is 4.74 Å². The summed E-state index contributed by atoms with van der Waals surface area (Å²) in [6, 6.07) is 6.95. The van der Waals surface area contributed by atoms with Gasteiger partial charge >= 0.3 is 18.1 Å². The second-order valence-electron chi connectivity index (χ2n) is 4.42. The monoisotopic (exact) mass is 326 g/mol. The van der Waals surface area contributed by atoms with Gasteiger partial charge < -0.3 is 14.9 Å². The van der Waals surface area contributed by atoms with Gasteiger partial charge in [-0.1, -0.05) is 6.07 Å². The number of carbonyl (C=O) groups is 2. The molecule has 2 N–H and O–H groups in total. The van der Waals surface area contributed by atoms with Crippen molar-refractivity contribution in [2.45, 2.75) is 6.18 Å². The van der Waals surface area contributed by atoms with Gasteiger partial charge in [-0.3, -0.25) is 0 Å². The third-order valence-corrected chi connectivity index (χ3v) is 2.88. The maximum atomic E-state index is 12.5. The fourth-order valence-electron chi connectivity index (χ4n) is 1.81. The fraction of sp³-hybridized carbons (Fsp3) is 0.0667. The molecular formula is C15H9F3O5. The molecule has 0 heterocycles. The number of carboxylic acids is 2. The van der Waals surface area contributed by atoms with E-state index < -0.39 is 40.6 Å². The Morgan fingerprint density at radius 2 is 1.35 bits per heavy atom. The van der Waals surface area contributed by atoms with E-state index in [-0.39, 0.29) is 5.75 Å². The molecule has 0 spiro atoms. The van der Waals surface area contributed by atoms with Gasteiger partial charge in [0.25, 0.3) is 0 Å². The molecule has 120 valence electrons. The van der Waals surface area contributed by atoms with Crippen molar-refractivity contribution in [2.24, 2.45) is 0 Å². The van der Waals surface area contributed by atoms with Crippen LogP contribution in [0.15, 0.2) is 42.5 Å². The molecule has 0 bridgehead atoms. The molecule has 0 amide bonds. The minimum Gasteiger partial charge on any atom is -0.478 e. The molecule has 0 aliphatic carbocycles. The standard InChI is InChI=1S/C15H9F3O5/c16-15(17,18)8-4-6-9(7-5-8)23-12-10(13(19)20)2-1-3-11(12)14(21)22/h1-7H,(H,19,20)(H,21,22). The molecule has 2 aromatic rings. The number of benzene rings is 2. The summed E-state index contributed by atoms with van der Waals surface area (Å²) < 4.78 is 42.7. The lowest BCUT2D eigenvalue weighted by Gasteiger charge is -2.12. The van der Waals surface area contributed by atoms with Crippen molar-refractivity contribution in [1.29, 1.82) is 0 Å². The second-order valence-corrected chi connectivity index (χ2v) is 4.42. The first-order valence-corrected chi connectivity index (χ1v) is 6.15. The van der Waals surface area contributed by atoms with Crippen LogP contribution in [0.5, 0.6) is 11.5 Å². The van der Waals surface area contributed by atoms with Crippen LogP contribution in [0.2, 0.25) is 0 Å². The van der Waals surface area contributed by atoms with E-state index in [1.165, 1.54) is 6.07 Å². The van der Waals surface area contributed by atoms with Crippen molar-refractivity contribution >= 4 is 11.9 Å². The zero-order chi connectivity index (χ0) is 17.2. The first-order valence-electron chi connectivity index (χ1n) is 6.15. The Morgan fingerprint density at radius 3 is 1.74 bits per heavy atom. The Kier molecular flexibility index (Phi) is 4.26. The SMILES string of the molecule is O=C(O)c1cccc(C(=O)O)c1Oc1ccc(C(F)(F)F)cc1. The van der Waals surface area contributed by atoms with Gasteiger partial charge in [0.1, 0.15) is 16.9 Å². The van der Waals surface area contributed by atoms with E-state index in [1.807, 2.05) is 0 Å². The summed E-state index contributed by atoms with van der Waals surface area (Å²) in [5, 5.41) is 18.2. The maximum absolute atomic E-state index is 12.5. The lowest BCUT2D eigenvalue weighted by molar-refractivity contribution is -0.137. The van der Waals surface area contributed by atoms with Crippen LogP contribution >= 0.6 is 0 Å². The summed E-state index contributed by atoms with van der Waals surface area (Å²) in [5.41, 5.74) is -1.73. The Hall–Kier alpha value is -3.03. The first kappa shape index (κ1) is 16.3. The number of hydrogen-bond acceptors (Lipinski definition) is 3. The number of halogens is 3.